The van der Waals surface area contributed by atoms with E-state index in [0.29, 0.717) is 30.9 Å². The summed E-state index contributed by atoms with van der Waals surface area (Å²) in [7, 11) is 1.62. The number of benzene rings is 1. The molecule has 2 amide bonds. The largest absolute Gasteiger partial charge is 0.492 e. The maximum atomic E-state index is 11.8. The van der Waals surface area contributed by atoms with Gasteiger partial charge in [-0.05, 0) is 18.6 Å². The molecule has 1 aliphatic rings. The first-order valence-electron chi connectivity index (χ1n) is 6.75. The van der Waals surface area contributed by atoms with Crippen molar-refractivity contribution in [2.45, 2.75) is 6.42 Å². The first kappa shape index (κ1) is 14.9. The standard InChI is InChI=1S/C15H17N3O3/c1-17-10-15(20)18(11-14(17)19)7-4-8-21-13-6-3-2-5-12(13)9-16/h2-3,5-6H,4,7-8,10-11H2,1H3. The normalized spacial score (nSPS) is 15.0. The number of hydrogen-bond acceptors (Lipinski definition) is 4. The van der Waals surface area contributed by atoms with Crippen LogP contribution in [0.15, 0.2) is 24.3 Å². The van der Waals surface area contributed by atoms with Crippen molar-refractivity contribution in [1.82, 2.24) is 9.80 Å². The molecule has 0 atom stereocenters. The third-order valence-corrected chi connectivity index (χ3v) is 3.31. The van der Waals surface area contributed by atoms with Gasteiger partial charge in [0.25, 0.3) is 0 Å². The number of carbonyl (C=O) groups excluding carboxylic acids is 2. The van der Waals surface area contributed by atoms with Crippen molar-refractivity contribution in [1.29, 1.82) is 5.26 Å². The van der Waals surface area contributed by atoms with E-state index in [2.05, 4.69) is 6.07 Å². The van der Waals surface area contributed by atoms with Crippen LogP contribution in [0.4, 0.5) is 0 Å². The van der Waals surface area contributed by atoms with Crippen LogP contribution in [0.1, 0.15) is 12.0 Å². The highest BCUT2D eigenvalue weighted by molar-refractivity contribution is 5.92. The fourth-order valence-corrected chi connectivity index (χ4v) is 2.09. The topological polar surface area (TPSA) is 73.6 Å². The SMILES string of the molecule is CN1CC(=O)N(CCCOc2ccccc2C#N)CC1=O. The molecule has 1 aliphatic heterocycles. The number of piperazine rings is 1. The molecule has 0 N–H and O–H groups in total. The van der Waals surface area contributed by atoms with E-state index in [9.17, 15) is 9.59 Å². The average molecular weight is 287 g/mol. The Kier molecular flexibility index (Phi) is 4.77. The van der Waals surface area contributed by atoms with Gasteiger partial charge in [0.2, 0.25) is 11.8 Å². The molecule has 6 heteroatoms. The lowest BCUT2D eigenvalue weighted by molar-refractivity contribution is -0.148. The molecule has 1 aromatic carbocycles. The first-order valence-corrected chi connectivity index (χ1v) is 6.75. The highest BCUT2D eigenvalue weighted by Crippen LogP contribution is 2.16. The Labute approximate surface area is 123 Å². The van der Waals surface area contributed by atoms with E-state index in [-0.39, 0.29) is 24.9 Å². The molecule has 0 aromatic heterocycles. The van der Waals surface area contributed by atoms with Crippen LogP contribution in [0, 0.1) is 11.3 Å². The van der Waals surface area contributed by atoms with Crippen LogP contribution < -0.4 is 4.74 Å². The van der Waals surface area contributed by atoms with E-state index in [1.165, 1.54) is 4.90 Å². The Balaban J connectivity index is 1.79. The summed E-state index contributed by atoms with van der Waals surface area (Å²) in [6.45, 7) is 1.14. The maximum absolute atomic E-state index is 11.8. The summed E-state index contributed by atoms with van der Waals surface area (Å²) < 4.78 is 5.55. The lowest BCUT2D eigenvalue weighted by Gasteiger charge is -2.31. The highest BCUT2D eigenvalue weighted by atomic mass is 16.5. The van der Waals surface area contributed by atoms with Gasteiger partial charge in [-0.25, -0.2) is 0 Å². The summed E-state index contributed by atoms with van der Waals surface area (Å²) in [6.07, 6.45) is 0.614. The molecular formula is C15H17N3O3. The quantitative estimate of drug-likeness (QED) is 0.744. The number of hydrogen-bond donors (Lipinski definition) is 0. The number of rotatable bonds is 5. The van der Waals surface area contributed by atoms with Crippen LogP contribution in [0.5, 0.6) is 5.75 Å². The molecule has 21 heavy (non-hydrogen) atoms. The van der Waals surface area contributed by atoms with Crippen molar-refractivity contribution < 1.29 is 14.3 Å². The lowest BCUT2D eigenvalue weighted by atomic mass is 10.2. The minimum Gasteiger partial charge on any atom is -0.492 e. The van der Waals surface area contributed by atoms with E-state index in [1.807, 2.05) is 0 Å². The molecule has 1 saturated heterocycles. The van der Waals surface area contributed by atoms with Gasteiger partial charge in [-0.15, -0.1) is 0 Å². The first-order chi connectivity index (χ1) is 10.1. The maximum Gasteiger partial charge on any atom is 0.242 e. The number of para-hydroxylation sites is 1. The smallest absolute Gasteiger partial charge is 0.242 e. The zero-order valence-electron chi connectivity index (χ0n) is 11.9. The Morgan fingerprint density at radius 3 is 2.76 bits per heavy atom. The third kappa shape index (κ3) is 3.72. The summed E-state index contributed by atoms with van der Waals surface area (Å²) in [5.41, 5.74) is 0.489. The van der Waals surface area contributed by atoms with Crippen molar-refractivity contribution >= 4 is 11.8 Å². The van der Waals surface area contributed by atoms with E-state index < -0.39 is 0 Å². The summed E-state index contributed by atoms with van der Waals surface area (Å²) in [5, 5.41) is 8.94. The van der Waals surface area contributed by atoms with Gasteiger partial charge in [0.05, 0.1) is 25.3 Å². The van der Waals surface area contributed by atoms with Gasteiger partial charge in [0.1, 0.15) is 11.8 Å². The van der Waals surface area contributed by atoms with Crippen molar-refractivity contribution in [3.63, 3.8) is 0 Å². The van der Waals surface area contributed by atoms with Crippen LogP contribution in [-0.4, -0.2) is 54.9 Å². The van der Waals surface area contributed by atoms with Crippen LogP contribution in [-0.2, 0) is 9.59 Å². The Bertz CT molecular complexity index is 580. The molecule has 0 spiro atoms. The fourth-order valence-electron chi connectivity index (χ4n) is 2.09. The number of likely N-dealkylation sites (N-methyl/N-ethyl adjacent to an activating group) is 1. The van der Waals surface area contributed by atoms with Crippen molar-refractivity contribution in [3.05, 3.63) is 29.8 Å². The molecule has 110 valence electrons. The summed E-state index contributed by atoms with van der Waals surface area (Å²) >= 11 is 0. The Hall–Kier alpha value is -2.55. The molecule has 1 aromatic rings. The molecule has 2 rings (SSSR count). The minimum absolute atomic E-state index is 0.0467. The average Bonchev–Trinajstić information content (AvgIpc) is 2.49. The van der Waals surface area contributed by atoms with E-state index in [1.54, 1.807) is 36.2 Å². The Morgan fingerprint density at radius 2 is 2.00 bits per heavy atom. The van der Waals surface area contributed by atoms with Gasteiger partial charge in [0, 0.05) is 13.6 Å². The summed E-state index contributed by atoms with van der Waals surface area (Å²) in [6, 6.07) is 9.08. The van der Waals surface area contributed by atoms with E-state index in [0.717, 1.165) is 0 Å². The molecular weight excluding hydrogens is 270 g/mol. The third-order valence-electron chi connectivity index (χ3n) is 3.31. The molecule has 0 radical (unpaired) electrons. The minimum atomic E-state index is -0.0506. The second kappa shape index (κ2) is 6.75. The number of ether oxygens (including phenoxy) is 1. The number of nitrogens with zero attached hydrogens (tertiary/aromatic N) is 3. The molecule has 1 heterocycles. The van der Waals surface area contributed by atoms with Crippen LogP contribution in [0.2, 0.25) is 0 Å². The monoisotopic (exact) mass is 287 g/mol. The highest BCUT2D eigenvalue weighted by Gasteiger charge is 2.26. The summed E-state index contributed by atoms with van der Waals surface area (Å²) in [5.74, 6) is 0.445. The van der Waals surface area contributed by atoms with Crippen molar-refractivity contribution in [2.75, 3.05) is 33.3 Å². The molecule has 0 bridgehead atoms. The van der Waals surface area contributed by atoms with Gasteiger partial charge < -0.3 is 14.5 Å². The molecule has 1 fully saturated rings. The predicted molar refractivity (Wildman–Crippen MR) is 75.5 cm³/mol. The van der Waals surface area contributed by atoms with Gasteiger partial charge >= 0.3 is 0 Å². The van der Waals surface area contributed by atoms with Crippen molar-refractivity contribution in [3.8, 4) is 11.8 Å². The van der Waals surface area contributed by atoms with Crippen molar-refractivity contribution in [2.24, 2.45) is 0 Å². The van der Waals surface area contributed by atoms with Gasteiger partial charge in [0.15, 0.2) is 0 Å². The fraction of sp³-hybridized carbons (Fsp3) is 0.400. The van der Waals surface area contributed by atoms with Gasteiger partial charge in [-0.2, -0.15) is 5.26 Å². The number of amides is 2. The number of nitriles is 1. The zero-order valence-corrected chi connectivity index (χ0v) is 11.9. The number of carbonyl (C=O) groups is 2. The van der Waals surface area contributed by atoms with E-state index in [4.69, 9.17) is 10.00 Å². The van der Waals surface area contributed by atoms with Crippen LogP contribution >= 0.6 is 0 Å². The predicted octanol–water partition coefficient (Wildman–Crippen LogP) is 0.628. The second-order valence-corrected chi connectivity index (χ2v) is 4.88. The van der Waals surface area contributed by atoms with Crippen LogP contribution in [0.25, 0.3) is 0 Å². The molecule has 6 nitrogen and oxygen atoms in total. The van der Waals surface area contributed by atoms with Gasteiger partial charge in [-0.3, -0.25) is 9.59 Å². The molecule has 0 unspecified atom stereocenters. The second-order valence-electron chi connectivity index (χ2n) is 4.88. The lowest BCUT2D eigenvalue weighted by Crippen LogP contribution is -2.52. The molecule has 0 saturated carbocycles. The Morgan fingerprint density at radius 1 is 1.24 bits per heavy atom. The zero-order chi connectivity index (χ0) is 15.2. The van der Waals surface area contributed by atoms with E-state index >= 15 is 0 Å². The van der Waals surface area contributed by atoms with Gasteiger partial charge in [-0.1, -0.05) is 12.1 Å². The summed E-state index contributed by atoms with van der Waals surface area (Å²) in [4.78, 5) is 26.3. The molecule has 0 aliphatic carbocycles. The van der Waals surface area contributed by atoms with Crippen LogP contribution in [0.3, 0.4) is 0 Å².